The van der Waals surface area contributed by atoms with E-state index in [0.717, 1.165) is 25.9 Å². The van der Waals surface area contributed by atoms with Crippen molar-refractivity contribution in [3.05, 3.63) is 24.3 Å². The molecule has 2 atom stereocenters. The fraction of sp³-hybridized carbons (Fsp3) is 0.857. The number of hydrogen-bond acceptors (Lipinski definition) is 2. The number of aliphatic hydroxyl groups is 1. The summed E-state index contributed by atoms with van der Waals surface area (Å²) in [4.78, 5) is 0. The maximum Gasteiger partial charge on any atom is 0.0574 e. The van der Waals surface area contributed by atoms with Gasteiger partial charge in [0, 0.05) is 13.7 Å². The molecule has 2 heteroatoms. The topological polar surface area (TPSA) is 29.5 Å². The highest BCUT2D eigenvalue weighted by atomic mass is 16.5. The Labute approximate surface area is 189 Å². The molecule has 0 rings (SSSR count). The number of ether oxygens (including phenoxy) is 1. The highest BCUT2D eigenvalue weighted by Crippen LogP contribution is 2.18. The Bertz CT molecular complexity index is 375. The summed E-state index contributed by atoms with van der Waals surface area (Å²) in [5.74, 6) is 0.638. The summed E-state index contributed by atoms with van der Waals surface area (Å²) in [6.07, 6.45) is 31.5. The summed E-state index contributed by atoms with van der Waals surface area (Å²) >= 11 is 0. The fourth-order valence-electron chi connectivity index (χ4n) is 3.91. The summed E-state index contributed by atoms with van der Waals surface area (Å²) in [5.41, 5.74) is 0. The van der Waals surface area contributed by atoms with Crippen molar-refractivity contribution in [3.8, 4) is 0 Å². The Kier molecular flexibility index (Phi) is 24.2. The standard InChI is InChI=1S/C28H54O2/c1-4-6-8-16-21-27(23-20-25-28(29)24-18-9-7-5-2)22-17-14-12-10-11-13-15-19-26-30-3/h14,17,20,23,27-29H,4-13,15-16,18-19,21-22,24-26H2,1-3H3/b17-14-,23-20+. The van der Waals surface area contributed by atoms with E-state index in [1.165, 1.54) is 96.3 Å². The predicted octanol–water partition coefficient (Wildman–Crippen LogP) is 8.78. The first-order valence-corrected chi connectivity index (χ1v) is 13.2. The van der Waals surface area contributed by atoms with Crippen molar-refractivity contribution in [2.45, 2.75) is 136 Å². The van der Waals surface area contributed by atoms with E-state index in [1.54, 1.807) is 7.11 Å². The molecule has 1 N–H and O–H groups in total. The van der Waals surface area contributed by atoms with Crippen LogP contribution in [0.3, 0.4) is 0 Å². The third-order valence-corrected chi connectivity index (χ3v) is 5.96. The first-order chi connectivity index (χ1) is 14.7. The van der Waals surface area contributed by atoms with Crippen LogP contribution in [0.15, 0.2) is 24.3 Å². The number of rotatable bonds is 23. The minimum absolute atomic E-state index is 0.154. The molecule has 0 saturated heterocycles. The van der Waals surface area contributed by atoms with Gasteiger partial charge < -0.3 is 9.84 Å². The molecule has 0 aliphatic rings. The van der Waals surface area contributed by atoms with Gasteiger partial charge in [0.15, 0.2) is 0 Å². The smallest absolute Gasteiger partial charge is 0.0574 e. The van der Waals surface area contributed by atoms with E-state index in [1.807, 2.05) is 0 Å². The van der Waals surface area contributed by atoms with E-state index in [-0.39, 0.29) is 6.10 Å². The van der Waals surface area contributed by atoms with Gasteiger partial charge in [0.05, 0.1) is 6.10 Å². The molecule has 0 radical (unpaired) electrons. The molecule has 0 fully saturated rings. The third kappa shape index (κ3) is 22.1. The maximum absolute atomic E-state index is 10.2. The molecule has 2 unspecified atom stereocenters. The summed E-state index contributed by atoms with van der Waals surface area (Å²) < 4.78 is 5.10. The van der Waals surface area contributed by atoms with Crippen LogP contribution in [0.2, 0.25) is 0 Å². The van der Waals surface area contributed by atoms with Gasteiger partial charge in [-0.25, -0.2) is 0 Å². The van der Waals surface area contributed by atoms with Gasteiger partial charge in [-0.1, -0.05) is 109 Å². The second-order valence-electron chi connectivity index (χ2n) is 9.03. The molecular weight excluding hydrogens is 368 g/mol. The maximum atomic E-state index is 10.2. The average molecular weight is 423 g/mol. The van der Waals surface area contributed by atoms with E-state index >= 15 is 0 Å². The zero-order valence-electron chi connectivity index (χ0n) is 20.8. The first-order valence-electron chi connectivity index (χ1n) is 13.2. The molecule has 0 amide bonds. The predicted molar refractivity (Wildman–Crippen MR) is 134 cm³/mol. The van der Waals surface area contributed by atoms with Gasteiger partial charge in [0.2, 0.25) is 0 Å². The minimum atomic E-state index is -0.154. The lowest BCUT2D eigenvalue weighted by Gasteiger charge is -2.12. The van der Waals surface area contributed by atoms with Crippen LogP contribution in [0.5, 0.6) is 0 Å². The van der Waals surface area contributed by atoms with Crippen molar-refractivity contribution in [2.75, 3.05) is 13.7 Å². The van der Waals surface area contributed by atoms with Crippen molar-refractivity contribution in [1.29, 1.82) is 0 Å². The van der Waals surface area contributed by atoms with E-state index < -0.39 is 0 Å². The van der Waals surface area contributed by atoms with Gasteiger partial charge in [-0.15, -0.1) is 0 Å². The van der Waals surface area contributed by atoms with Crippen LogP contribution < -0.4 is 0 Å². The lowest BCUT2D eigenvalue weighted by Crippen LogP contribution is -2.05. The SMILES string of the molecule is CCCCCCC(O)C/C=C/C(C/C=C\CCCCCCCOC)CCCCCC. The molecule has 0 aliphatic carbocycles. The van der Waals surface area contributed by atoms with Crippen molar-refractivity contribution in [3.63, 3.8) is 0 Å². The van der Waals surface area contributed by atoms with E-state index in [2.05, 4.69) is 38.2 Å². The molecule has 178 valence electrons. The minimum Gasteiger partial charge on any atom is -0.393 e. The van der Waals surface area contributed by atoms with Gasteiger partial charge in [-0.2, -0.15) is 0 Å². The summed E-state index contributed by atoms with van der Waals surface area (Å²) in [7, 11) is 1.79. The molecule has 0 aromatic rings. The average Bonchev–Trinajstić information content (AvgIpc) is 2.75. The zero-order valence-corrected chi connectivity index (χ0v) is 20.8. The van der Waals surface area contributed by atoms with E-state index in [9.17, 15) is 5.11 Å². The van der Waals surface area contributed by atoms with Crippen LogP contribution in [-0.4, -0.2) is 24.9 Å². The fourth-order valence-corrected chi connectivity index (χ4v) is 3.91. The van der Waals surface area contributed by atoms with Gasteiger partial charge in [-0.3, -0.25) is 0 Å². The van der Waals surface area contributed by atoms with Crippen LogP contribution in [0.1, 0.15) is 129 Å². The monoisotopic (exact) mass is 422 g/mol. The molecule has 0 aromatic carbocycles. The zero-order chi connectivity index (χ0) is 22.1. The normalized spacial score (nSPS) is 14.1. The third-order valence-electron chi connectivity index (χ3n) is 5.96. The lowest BCUT2D eigenvalue weighted by atomic mass is 9.95. The van der Waals surface area contributed by atoms with Crippen molar-refractivity contribution < 1.29 is 9.84 Å². The molecule has 0 aromatic heterocycles. The molecule has 0 aliphatic heterocycles. The van der Waals surface area contributed by atoms with Gasteiger partial charge in [-0.05, 0) is 50.9 Å². The second-order valence-corrected chi connectivity index (χ2v) is 9.03. The number of methoxy groups -OCH3 is 1. The number of allylic oxidation sites excluding steroid dienone is 3. The quantitative estimate of drug-likeness (QED) is 0.132. The van der Waals surface area contributed by atoms with Gasteiger partial charge in [0.25, 0.3) is 0 Å². The van der Waals surface area contributed by atoms with Crippen LogP contribution in [-0.2, 0) is 4.74 Å². The van der Waals surface area contributed by atoms with Crippen molar-refractivity contribution in [1.82, 2.24) is 0 Å². The first kappa shape index (κ1) is 29.4. The Balaban J connectivity index is 4.07. The van der Waals surface area contributed by atoms with E-state index in [0.29, 0.717) is 5.92 Å². The molecule has 0 spiro atoms. The Morgan fingerprint density at radius 1 is 0.667 bits per heavy atom. The van der Waals surface area contributed by atoms with Crippen LogP contribution in [0.4, 0.5) is 0 Å². The summed E-state index contributed by atoms with van der Waals surface area (Å²) in [6.45, 7) is 5.42. The summed E-state index contributed by atoms with van der Waals surface area (Å²) in [6, 6.07) is 0. The van der Waals surface area contributed by atoms with Crippen LogP contribution in [0, 0.1) is 5.92 Å². The molecule has 30 heavy (non-hydrogen) atoms. The van der Waals surface area contributed by atoms with Crippen LogP contribution >= 0.6 is 0 Å². The Morgan fingerprint density at radius 3 is 2.00 bits per heavy atom. The van der Waals surface area contributed by atoms with Crippen LogP contribution in [0.25, 0.3) is 0 Å². The molecular formula is C28H54O2. The van der Waals surface area contributed by atoms with E-state index in [4.69, 9.17) is 4.74 Å². The number of hydrogen-bond donors (Lipinski definition) is 1. The summed E-state index contributed by atoms with van der Waals surface area (Å²) in [5, 5.41) is 10.2. The highest BCUT2D eigenvalue weighted by molar-refractivity contribution is 4.95. The van der Waals surface area contributed by atoms with Gasteiger partial charge >= 0.3 is 0 Å². The molecule has 2 nitrogen and oxygen atoms in total. The van der Waals surface area contributed by atoms with Crippen molar-refractivity contribution >= 4 is 0 Å². The Hall–Kier alpha value is -0.600. The highest BCUT2D eigenvalue weighted by Gasteiger charge is 2.05. The van der Waals surface area contributed by atoms with Crippen molar-refractivity contribution in [2.24, 2.45) is 5.92 Å². The number of unbranched alkanes of at least 4 members (excludes halogenated alkanes) is 11. The largest absolute Gasteiger partial charge is 0.393 e. The molecule has 0 heterocycles. The molecule has 0 saturated carbocycles. The van der Waals surface area contributed by atoms with Gasteiger partial charge in [0.1, 0.15) is 0 Å². The Morgan fingerprint density at radius 2 is 1.30 bits per heavy atom. The number of aliphatic hydroxyl groups excluding tert-OH is 1. The second kappa shape index (κ2) is 24.7. The molecule has 0 bridgehead atoms. The lowest BCUT2D eigenvalue weighted by molar-refractivity contribution is 0.163.